The SMILES string of the molecule is CNC1CCC(C(C)C)CC1CN(C)C1CCOC1. The average molecular weight is 268 g/mol. The van der Waals surface area contributed by atoms with E-state index in [9.17, 15) is 0 Å². The fourth-order valence-corrected chi connectivity index (χ4v) is 3.88. The molecule has 1 heterocycles. The number of likely N-dealkylation sites (N-methyl/N-ethyl adjacent to an activating group) is 1. The summed E-state index contributed by atoms with van der Waals surface area (Å²) in [6.45, 7) is 7.87. The van der Waals surface area contributed by atoms with Gasteiger partial charge in [-0.2, -0.15) is 0 Å². The van der Waals surface area contributed by atoms with E-state index in [2.05, 4.69) is 38.2 Å². The zero-order chi connectivity index (χ0) is 13.8. The summed E-state index contributed by atoms with van der Waals surface area (Å²) in [5.74, 6) is 2.56. The van der Waals surface area contributed by atoms with Crippen LogP contribution in [0.4, 0.5) is 0 Å². The molecule has 1 aliphatic heterocycles. The van der Waals surface area contributed by atoms with Gasteiger partial charge >= 0.3 is 0 Å². The Labute approximate surface area is 119 Å². The van der Waals surface area contributed by atoms with Crippen molar-refractivity contribution in [2.75, 3.05) is 33.9 Å². The molecule has 2 fully saturated rings. The van der Waals surface area contributed by atoms with E-state index < -0.39 is 0 Å². The van der Waals surface area contributed by atoms with Crippen molar-refractivity contribution in [2.24, 2.45) is 17.8 Å². The lowest BCUT2D eigenvalue weighted by Crippen LogP contribution is -2.46. The number of rotatable bonds is 5. The van der Waals surface area contributed by atoms with Gasteiger partial charge in [0.05, 0.1) is 6.61 Å². The third-order valence-electron chi connectivity index (χ3n) is 5.39. The summed E-state index contributed by atoms with van der Waals surface area (Å²) in [7, 11) is 4.41. The molecule has 4 unspecified atom stereocenters. The van der Waals surface area contributed by atoms with Crippen LogP contribution in [0.1, 0.15) is 39.5 Å². The first-order valence-corrected chi connectivity index (χ1v) is 8.07. The van der Waals surface area contributed by atoms with Crippen molar-refractivity contribution in [1.82, 2.24) is 10.2 Å². The van der Waals surface area contributed by atoms with Crippen LogP contribution >= 0.6 is 0 Å². The number of nitrogens with one attached hydrogen (secondary N) is 1. The molecule has 1 aliphatic carbocycles. The Morgan fingerprint density at radius 2 is 2.05 bits per heavy atom. The predicted molar refractivity (Wildman–Crippen MR) is 80.4 cm³/mol. The lowest BCUT2D eigenvalue weighted by atomic mass is 9.73. The molecule has 0 radical (unpaired) electrons. The van der Waals surface area contributed by atoms with Crippen LogP contribution in [-0.4, -0.2) is 50.8 Å². The summed E-state index contributed by atoms with van der Waals surface area (Å²) in [6, 6.07) is 1.36. The van der Waals surface area contributed by atoms with Crippen LogP contribution in [0.2, 0.25) is 0 Å². The lowest BCUT2D eigenvalue weighted by molar-refractivity contribution is 0.106. The van der Waals surface area contributed by atoms with E-state index in [0.29, 0.717) is 12.1 Å². The number of hydrogen-bond acceptors (Lipinski definition) is 3. The minimum atomic E-state index is 0.650. The van der Waals surface area contributed by atoms with Crippen LogP contribution in [0.25, 0.3) is 0 Å². The van der Waals surface area contributed by atoms with Crippen LogP contribution in [0.5, 0.6) is 0 Å². The second-order valence-corrected chi connectivity index (χ2v) is 6.93. The Hall–Kier alpha value is -0.120. The molecule has 0 aromatic heterocycles. The fraction of sp³-hybridized carbons (Fsp3) is 1.00. The largest absolute Gasteiger partial charge is 0.380 e. The standard InChI is InChI=1S/C16H32N2O/c1-12(2)13-5-6-16(17-3)14(9-13)10-18(4)15-7-8-19-11-15/h12-17H,5-11H2,1-4H3. The van der Waals surface area contributed by atoms with E-state index in [-0.39, 0.29) is 0 Å². The lowest BCUT2D eigenvalue weighted by Gasteiger charge is -2.40. The van der Waals surface area contributed by atoms with Gasteiger partial charge in [0.2, 0.25) is 0 Å². The zero-order valence-electron chi connectivity index (χ0n) is 13.2. The van der Waals surface area contributed by atoms with Crippen LogP contribution in [0, 0.1) is 17.8 Å². The van der Waals surface area contributed by atoms with Crippen molar-refractivity contribution < 1.29 is 4.74 Å². The smallest absolute Gasteiger partial charge is 0.0622 e. The van der Waals surface area contributed by atoms with E-state index in [1.54, 1.807) is 0 Å². The first-order chi connectivity index (χ1) is 9.11. The van der Waals surface area contributed by atoms with Gasteiger partial charge in [0.15, 0.2) is 0 Å². The molecule has 1 N–H and O–H groups in total. The molecule has 0 amide bonds. The molecule has 1 saturated carbocycles. The second-order valence-electron chi connectivity index (χ2n) is 6.93. The number of ether oxygens (including phenoxy) is 1. The van der Waals surface area contributed by atoms with Crippen molar-refractivity contribution >= 4 is 0 Å². The molecule has 3 heteroatoms. The van der Waals surface area contributed by atoms with Gasteiger partial charge in [0.25, 0.3) is 0 Å². The quantitative estimate of drug-likeness (QED) is 0.828. The minimum absolute atomic E-state index is 0.650. The average Bonchev–Trinajstić information content (AvgIpc) is 2.92. The van der Waals surface area contributed by atoms with Crippen molar-refractivity contribution in [3.63, 3.8) is 0 Å². The van der Waals surface area contributed by atoms with Gasteiger partial charge < -0.3 is 15.0 Å². The molecule has 0 aromatic rings. The van der Waals surface area contributed by atoms with Crippen LogP contribution in [-0.2, 0) is 4.74 Å². The van der Waals surface area contributed by atoms with E-state index in [4.69, 9.17) is 4.74 Å². The topological polar surface area (TPSA) is 24.5 Å². The Morgan fingerprint density at radius 3 is 2.63 bits per heavy atom. The van der Waals surface area contributed by atoms with E-state index in [0.717, 1.165) is 31.0 Å². The predicted octanol–water partition coefficient (Wildman–Crippen LogP) is 2.37. The molecule has 0 bridgehead atoms. The summed E-state index contributed by atoms with van der Waals surface area (Å²) < 4.78 is 5.52. The highest BCUT2D eigenvalue weighted by Crippen LogP contribution is 2.34. The van der Waals surface area contributed by atoms with Gasteiger partial charge in [-0.3, -0.25) is 0 Å². The molecule has 2 rings (SSSR count). The third-order valence-corrected chi connectivity index (χ3v) is 5.39. The first-order valence-electron chi connectivity index (χ1n) is 8.07. The van der Waals surface area contributed by atoms with Gasteiger partial charge in [-0.05, 0) is 57.5 Å². The highest BCUT2D eigenvalue weighted by atomic mass is 16.5. The van der Waals surface area contributed by atoms with E-state index in [1.807, 2.05) is 0 Å². The normalized spacial score (nSPS) is 36.3. The maximum absolute atomic E-state index is 5.52. The maximum Gasteiger partial charge on any atom is 0.0622 e. The van der Waals surface area contributed by atoms with E-state index in [1.165, 1.54) is 32.2 Å². The van der Waals surface area contributed by atoms with Gasteiger partial charge in [0.1, 0.15) is 0 Å². The Bertz CT molecular complexity index is 263. The maximum atomic E-state index is 5.52. The van der Waals surface area contributed by atoms with E-state index >= 15 is 0 Å². The fourth-order valence-electron chi connectivity index (χ4n) is 3.88. The van der Waals surface area contributed by atoms with Gasteiger partial charge in [0, 0.05) is 25.2 Å². The van der Waals surface area contributed by atoms with Crippen molar-refractivity contribution in [1.29, 1.82) is 0 Å². The highest BCUT2D eigenvalue weighted by Gasteiger charge is 2.33. The van der Waals surface area contributed by atoms with Crippen LogP contribution < -0.4 is 5.32 Å². The molecular formula is C16H32N2O. The highest BCUT2D eigenvalue weighted by molar-refractivity contribution is 4.88. The van der Waals surface area contributed by atoms with Crippen molar-refractivity contribution in [3.05, 3.63) is 0 Å². The monoisotopic (exact) mass is 268 g/mol. The molecule has 112 valence electrons. The minimum Gasteiger partial charge on any atom is -0.380 e. The summed E-state index contributed by atoms with van der Waals surface area (Å²) in [5, 5.41) is 3.55. The Morgan fingerprint density at radius 1 is 1.26 bits per heavy atom. The molecule has 19 heavy (non-hydrogen) atoms. The summed E-state index contributed by atoms with van der Waals surface area (Å²) >= 11 is 0. The number of nitrogens with zero attached hydrogens (tertiary/aromatic N) is 1. The molecule has 0 spiro atoms. The molecule has 1 saturated heterocycles. The van der Waals surface area contributed by atoms with Crippen LogP contribution in [0.15, 0.2) is 0 Å². The zero-order valence-corrected chi connectivity index (χ0v) is 13.2. The van der Waals surface area contributed by atoms with Gasteiger partial charge in [-0.1, -0.05) is 13.8 Å². The first kappa shape index (κ1) is 15.3. The third kappa shape index (κ3) is 3.93. The molecule has 3 nitrogen and oxygen atoms in total. The molecular weight excluding hydrogens is 236 g/mol. The van der Waals surface area contributed by atoms with Crippen LogP contribution in [0.3, 0.4) is 0 Å². The van der Waals surface area contributed by atoms with Gasteiger partial charge in [-0.25, -0.2) is 0 Å². The van der Waals surface area contributed by atoms with Crippen molar-refractivity contribution in [3.8, 4) is 0 Å². The summed E-state index contributed by atoms with van der Waals surface area (Å²) in [4.78, 5) is 2.55. The second kappa shape index (κ2) is 7.05. The summed E-state index contributed by atoms with van der Waals surface area (Å²) in [6.07, 6.45) is 5.34. The van der Waals surface area contributed by atoms with Gasteiger partial charge in [-0.15, -0.1) is 0 Å². The molecule has 2 aliphatic rings. The molecule has 4 atom stereocenters. The Balaban J connectivity index is 1.90. The Kier molecular flexibility index (Phi) is 5.67. The molecule has 0 aromatic carbocycles. The number of hydrogen-bond donors (Lipinski definition) is 1. The van der Waals surface area contributed by atoms with Crippen molar-refractivity contribution in [2.45, 2.75) is 51.6 Å². The summed E-state index contributed by atoms with van der Waals surface area (Å²) in [5.41, 5.74) is 0.